The van der Waals surface area contributed by atoms with Crippen LogP contribution in [-0.4, -0.2) is 36.4 Å². The third-order valence-electron chi connectivity index (χ3n) is 2.78. The first kappa shape index (κ1) is 14.7. The maximum absolute atomic E-state index is 12.7. The van der Waals surface area contributed by atoms with Crippen LogP contribution in [0.4, 0.5) is 27.6 Å². The van der Waals surface area contributed by atoms with Gasteiger partial charge in [-0.2, -0.15) is 13.2 Å². The van der Waals surface area contributed by atoms with Gasteiger partial charge in [0, 0.05) is 0 Å². The molecule has 0 unspecified atom stereocenters. The third kappa shape index (κ3) is 3.44. The summed E-state index contributed by atoms with van der Waals surface area (Å²) in [5.41, 5.74) is -1.35. The van der Waals surface area contributed by atoms with E-state index in [1.807, 2.05) is 0 Å². The number of para-hydroxylation sites is 1. The molecule has 0 bridgehead atoms. The first-order valence-corrected chi connectivity index (χ1v) is 5.74. The van der Waals surface area contributed by atoms with Crippen molar-refractivity contribution in [2.45, 2.75) is 12.1 Å². The van der Waals surface area contributed by atoms with E-state index < -0.39 is 36.7 Å². The number of anilines is 1. The van der Waals surface area contributed by atoms with Crippen molar-refractivity contribution in [1.82, 2.24) is 4.90 Å². The van der Waals surface area contributed by atoms with Gasteiger partial charge in [0.25, 0.3) is 5.92 Å². The second-order valence-electron chi connectivity index (χ2n) is 4.59. The number of halogens is 5. The molecule has 0 saturated carbocycles. The second-order valence-corrected chi connectivity index (χ2v) is 4.59. The zero-order chi connectivity index (χ0) is 15.0. The molecular formula is C12H11F5N2O. The Morgan fingerprint density at radius 2 is 1.85 bits per heavy atom. The zero-order valence-corrected chi connectivity index (χ0v) is 10.2. The average molecular weight is 294 g/mol. The summed E-state index contributed by atoms with van der Waals surface area (Å²) >= 11 is 0. The number of likely N-dealkylation sites (tertiary alicyclic amines) is 1. The van der Waals surface area contributed by atoms with E-state index in [1.54, 1.807) is 0 Å². The molecule has 0 aromatic heterocycles. The molecule has 1 amide bonds. The fourth-order valence-corrected chi connectivity index (χ4v) is 1.95. The summed E-state index contributed by atoms with van der Waals surface area (Å²) in [4.78, 5) is 12.7. The van der Waals surface area contributed by atoms with Gasteiger partial charge in [-0.15, -0.1) is 0 Å². The fraction of sp³-hybridized carbons (Fsp3) is 0.417. The van der Waals surface area contributed by atoms with Crippen molar-refractivity contribution in [3.8, 4) is 0 Å². The van der Waals surface area contributed by atoms with Crippen LogP contribution in [-0.2, 0) is 11.0 Å². The number of hydrogen-bond acceptors (Lipinski definition) is 2. The molecule has 0 aliphatic carbocycles. The molecule has 0 atom stereocenters. The van der Waals surface area contributed by atoms with E-state index in [0.29, 0.717) is 0 Å². The third-order valence-corrected chi connectivity index (χ3v) is 2.78. The Kier molecular flexibility index (Phi) is 3.68. The van der Waals surface area contributed by atoms with Gasteiger partial charge in [-0.05, 0) is 12.1 Å². The topological polar surface area (TPSA) is 32.3 Å². The number of nitrogens with zero attached hydrogens (tertiary/aromatic N) is 1. The Hall–Kier alpha value is -1.70. The number of carbonyl (C=O) groups excluding carboxylic acids is 1. The van der Waals surface area contributed by atoms with Gasteiger partial charge < -0.3 is 5.32 Å². The Balaban J connectivity index is 1.98. The summed E-state index contributed by atoms with van der Waals surface area (Å²) in [6.07, 6.45) is -4.59. The number of rotatable bonds is 3. The predicted octanol–water partition coefficient (Wildman–Crippen LogP) is 2.59. The Bertz CT molecular complexity index is 507. The number of benzene rings is 1. The van der Waals surface area contributed by atoms with Crippen molar-refractivity contribution >= 4 is 11.6 Å². The van der Waals surface area contributed by atoms with Gasteiger partial charge in [0.15, 0.2) is 0 Å². The molecule has 1 aromatic rings. The quantitative estimate of drug-likeness (QED) is 0.869. The van der Waals surface area contributed by atoms with E-state index in [-0.39, 0.29) is 12.2 Å². The van der Waals surface area contributed by atoms with Gasteiger partial charge >= 0.3 is 6.18 Å². The summed E-state index contributed by atoms with van der Waals surface area (Å²) in [7, 11) is 0. The van der Waals surface area contributed by atoms with E-state index in [2.05, 4.69) is 5.32 Å². The highest BCUT2D eigenvalue weighted by Gasteiger charge is 2.44. The zero-order valence-electron chi connectivity index (χ0n) is 10.2. The van der Waals surface area contributed by atoms with Crippen molar-refractivity contribution in [3.05, 3.63) is 29.8 Å². The lowest BCUT2D eigenvalue weighted by Gasteiger charge is -2.38. The number of alkyl halides is 5. The molecule has 1 aliphatic heterocycles. The van der Waals surface area contributed by atoms with Crippen LogP contribution in [0.25, 0.3) is 0 Å². The standard InChI is InChI=1S/C12H11F5N2O/c13-11(14)6-19(7-11)5-10(20)18-9-4-2-1-3-8(9)12(15,16)17/h1-4H,5-7H2,(H,18,20). The Morgan fingerprint density at radius 3 is 2.40 bits per heavy atom. The van der Waals surface area contributed by atoms with Gasteiger partial charge in [-0.25, -0.2) is 8.78 Å². The second kappa shape index (κ2) is 5.01. The monoisotopic (exact) mass is 294 g/mol. The number of amides is 1. The number of nitrogens with one attached hydrogen (secondary N) is 1. The molecule has 1 saturated heterocycles. The van der Waals surface area contributed by atoms with E-state index >= 15 is 0 Å². The van der Waals surface area contributed by atoms with Crippen molar-refractivity contribution in [2.24, 2.45) is 0 Å². The van der Waals surface area contributed by atoms with Gasteiger partial charge in [0.1, 0.15) is 0 Å². The highest BCUT2D eigenvalue weighted by Crippen LogP contribution is 2.34. The molecule has 8 heteroatoms. The fourth-order valence-electron chi connectivity index (χ4n) is 1.95. The smallest absolute Gasteiger partial charge is 0.324 e. The molecule has 20 heavy (non-hydrogen) atoms. The first-order valence-electron chi connectivity index (χ1n) is 5.74. The van der Waals surface area contributed by atoms with E-state index in [4.69, 9.17) is 0 Å². The Morgan fingerprint density at radius 1 is 1.25 bits per heavy atom. The van der Waals surface area contributed by atoms with Crippen molar-refractivity contribution in [2.75, 3.05) is 25.0 Å². The highest BCUT2D eigenvalue weighted by molar-refractivity contribution is 5.93. The summed E-state index contributed by atoms with van der Waals surface area (Å²) in [6, 6.07) is 4.51. The van der Waals surface area contributed by atoms with Gasteiger partial charge in [-0.1, -0.05) is 12.1 Å². The Labute approximate surface area is 111 Å². The average Bonchev–Trinajstić information content (AvgIpc) is 2.25. The van der Waals surface area contributed by atoms with Crippen LogP contribution in [0.5, 0.6) is 0 Å². The maximum Gasteiger partial charge on any atom is 0.418 e. The van der Waals surface area contributed by atoms with Gasteiger partial charge in [0.2, 0.25) is 5.91 Å². The lowest BCUT2D eigenvalue weighted by atomic mass is 10.1. The van der Waals surface area contributed by atoms with Crippen molar-refractivity contribution in [3.63, 3.8) is 0 Å². The largest absolute Gasteiger partial charge is 0.418 e. The van der Waals surface area contributed by atoms with E-state index in [9.17, 15) is 26.7 Å². The number of carbonyl (C=O) groups is 1. The van der Waals surface area contributed by atoms with E-state index in [0.717, 1.165) is 17.0 Å². The molecule has 1 fully saturated rings. The normalized spacial score (nSPS) is 18.4. The molecule has 1 N–H and O–H groups in total. The molecule has 3 nitrogen and oxygen atoms in total. The van der Waals surface area contributed by atoms with Crippen LogP contribution < -0.4 is 5.32 Å². The predicted molar refractivity (Wildman–Crippen MR) is 61.5 cm³/mol. The summed E-state index contributed by atoms with van der Waals surface area (Å²) in [6.45, 7) is -1.47. The minimum Gasteiger partial charge on any atom is -0.324 e. The minimum absolute atomic E-state index is 0.359. The van der Waals surface area contributed by atoms with Crippen LogP contribution in [0, 0.1) is 0 Å². The molecule has 1 aliphatic rings. The number of hydrogen-bond donors (Lipinski definition) is 1. The molecule has 2 rings (SSSR count). The van der Waals surface area contributed by atoms with Crippen molar-refractivity contribution < 1.29 is 26.7 Å². The maximum atomic E-state index is 12.7. The van der Waals surface area contributed by atoms with Crippen LogP contribution >= 0.6 is 0 Å². The first-order chi connectivity index (χ1) is 9.17. The van der Waals surface area contributed by atoms with Gasteiger partial charge in [0.05, 0.1) is 30.9 Å². The summed E-state index contributed by atoms with van der Waals surface area (Å²) < 4.78 is 63.2. The van der Waals surface area contributed by atoms with Crippen molar-refractivity contribution in [1.29, 1.82) is 0 Å². The molecule has 0 radical (unpaired) electrons. The lowest BCUT2D eigenvalue weighted by molar-refractivity contribution is -0.141. The molecule has 0 spiro atoms. The minimum atomic E-state index is -4.59. The lowest BCUT2D eigenvalue weighted by Crippen LogP contribution is -2.57. The van der Waals surface area contributed by atoms with Crippen LogP contribution in [0.15, 0.2) is 24.3 Å². The van der Waals surface area contributed by atoms with Crippen LogP contribution in [0.2, 0.25) is 0 Å². The SMILES string of the molecule is O=C(CN1CC(F)(F)C1)Nc1ccccc1C(F)(F)F. The summed E-state index contributed by atoms with van der Waals surface area (Å²) in [5.74, 6) is -3.57. The molecule has 1 heterocycles. The molecular weight excluding hydrogens is 283 g/mol. The van der Waals surface area contributed by atoms with Crippen LogP contribution in [0.3, 0.4) is 0 Å². The molecule has 1 aromatic carbocycles. The highest BCUT2D eigenvalue weighted by atomic mass is 19.4. The van der Waals surface area contributed by atoms with E-state index in [1.165, 1.54) is 12.1 Å². The van der Waals surface area contributed by atoms with Gasteiger partial charge in [-0.3, -0.25) is 9.69 Å². The summed E-state index contributed by atoms with van der Waals surface area (Å²) in [5, 5.41) is 2.10. The van der Waals surface area contributed by atoms with Crippen LogP contribution in [0.1, 0.15) is 5.56 Å². The molecule has 110 valence electrons.